The van der Waals surface area contributed by atoms with Gasteiger partial charge >= 0.3 is 0 Å². The third kappa shape index (κ3) is 3.11. The van der Waals surface area contributed by atoms with Gasteiger partial charge in [-0.3, -0.25) is 0 Å². The number of hydrogen-bond donors (Lipinski definition) is 1. The first-order valence-corrected chi connectivity index (χ1v) is 8.72. The highest BCUT2D eigenvalue weighted by molar-refractivity contribution is 7.89. The Hall–Kier alpha value is -2.24. The van der Waals surface area contributed by atoms with E-state index < -0.39 is 21.9 Å². The van der Waals surface area contributed by atoms with Crippen LogP contribution in [0.1, 0.15) is 18.5 Å². The SMILES string of the molecule is C[C@@H](NS(=O)(=O)c1ccccc1F)c1cccc2ccccc12. The summed E-state index contributed by atoms with van der Waals surface area (Å²) in [6, 6.07) is 18.3. The third-order valence-corrected chi connectivity index (χ3v) is 5.32. The molecule has 0 heterocycles. The van der Waals surface area contributed by atoms with Crippen molar-refractivity contribution in [1.82, 2.24) is 4.72 Å². The molecule has 0 radical (unpaired) electrons. The van der Waals surface area contributed by atoms with Gasteiger partial charge < -0.3 is 0 Å². The minimum atomic E-state index is -3.93. The molecule has 0 amide bonds. The molecule has 0 unspecified atom stereocenters. The molecular formula is C18H16FNO2S. The largest absolute Gasteiger partial charge is 0.244 e. The predicted octanol–water partition coefficient (Wildman–Crippen LogP) is 4.02. The number of halogens is 1. The van der Waals surface area contributed by atoms with Crippen molar-refractivity contribution in [3.63, 3.8) is 0 Å². The van der Waals surface area contributed by atoms with Gasteiger partial charge in [-0.05, 0) is 35.4 Å². The van der Waals surface area contributed by atoms with Gasteiger partial charge in [0.1, 0.15) is 10.7 Å². The average molecular weight is 329 g/mol. The molecule has 3 nitrogen and oxygen atoms in total. The molecule has 5 heteroatoms. The molecule has 0 spiro atoms. The van der Waals surface area contributed by atoms with Crippen LogP contribution in [0.25, 0.3) is 10.8 Å². The zero-order valence-corrected chi connectivity index (χ0v) is 13.3. The van der Waals surface area contributed by atoms with Gasteiger partial charge in [0.15, 0.2) is 0 Å². The molecule has 3 rings (SSSR count). The van der Waals surface area contributed by atoms with E-state index in [0.717, 1.165) is 22.4 Å². The number of hydrogen-bond acceptors (Lipinski definition) is 2. The lowest BCUT2D eigenvalue weighted by Crippen LogP contribution is -2.27. The van der Waals surface area contributed by atoms with Crippen LogP contribution in [-0.2, 0) is 10.0 Å². The van der Waals surface area contributed by atoms with E-state index in [-0.39, 0.29) is 4.90 Å². The van der Waals surface area contributed by atoms with Crippen molar-refractivity contribution in [2.75, 3.05) is 0 Å². The second-order valence-electron chi connectivity index (χ2n) is 5.34. The van der Waals surface area contributed by atoms with E-state index in [9.17, 15) is 12.8 Å². The minimum Gasteiger partial charge on any atom is -0.207 e. The van der Waals surface area contributed by atoms with Crippen molar-refractivity contribution in [2.24, 2.45) is 0 Å². The van der Waals surface area contributed by atoms with Gasteiger partial charge in [-0.15, -0.1) is 0 Å². The molecule has 1 N–H and O–H groups in total. The van der Waals surface area contributed by atoms with E-state index in [1.807, 2.05) is 42.5 Å². The maximum Gasteiger partial charge on any atom is 0.244 e. The van der Waals surface area contributed by atoms with Gasteiger partial charge in [0.25, 0.3) is 0 Å². The Morgan fingerprint density at radius 2 is 1.57 bits per heavy atom. The summed E-state index contributed by atoms with van der Waals surface area (Å²) >= 11 is 0. The summed E-state index contributed by atoms with van der Waals surface area (Å²) in [5.41, 5.74) is 0.850. The predicted molar refractivity (Wildman–Crippen MR) is 89.1 cm³/mol. The molecule has 0 saturated heterocycles. The zero-order valence-electron chi connectivity index (χ0n) is 12.5. The molecule has 0 aliphatic heterocycles. The molecule has 3 aromatic rings. The maximum atomic E-state index is 13.8. The van der Waals surface area contributed by atoms with Crippen LogP contribution in [0.5, 0.6) is 0 Å². The second kappa shape index (κ2) is 6.10. The van der Waals surface area contributed by atoms with Crippen LogP contribution in [-0.4, -0.2) is 8.42 Å². The summed E-state index contributed by atoms with van der Waals surface area (Å²) in [6.07, 6.45) is 0. The fourth-order valence-electron chi connectivity index (χ4n) is 2.65. The van der Waals surface area contributed by atoms with Gasteiger partial charge in [0.05, 0.1) is 0 Å². The molecule has 118 valence electrons. The topological polar surface area (TPSA) is 46.2 Å². The van der Waals surface area contributed by atoms with Crippen molar-refractivity contribution in [3.05, 3.63) is 78.1 Å². The summed E-state index contributed by atoms with van der Waals surface area (Å²) in [6.45, 7) is 1.75. The molecular weight excluding hydrogens is 313 g/mol. The summed E-state index contributed by atoms with van der Waals surface area (Å²) < 4.78 is 41.2. The summed E-state index contributed by atoms with van der Waals surface area (Å²) in [5.74, 6) is -0.759. The number of sulfonamides is 1. The fourth-order valence-corrected chi connectivity index (χ4v) is 3.95. The fraction of sp³-hybridized carbons (Fsp3) is 0.111. The van der Waals surface area contributed by atoms with E-state index in [4.69, 9.17) is 0 Å². The standard InChI is InChI=1S/C18H16FNO2S/c1-13(15-10-6-8-14-7-2-3-9-16(14)15)20-23(21,22)18-12-5-4-11-17(18)19/h2-13,20H,1H3/t13-/m1/s1. The number of fused-ring (bicyclic) bond motifs is 1. The van der Waals surface area contributed by atoms with Gasteiger partial charge in [-0.1, -0.05) is 54.6 Å². The Morgan fingerprint density at radius 3 is 2.35 bits per heavy atom. The number of nitrogens with one attached hydrogen (secondary N) is 1. The number of rotatable bonds is 4. The first kappa shape index (κ1) is 15.6. The normalized spacial score (nSPS) is 13.1. The minimum absolute atomic E-state index is 0.341. The van der Waals surface area contributed by atoms with Crippen molar-refractivity contribution in [1.29, 1.82) is 0 Å². The molecule has 1 atom stereocenters. The van der Waals surface area contributed by atoms with Crippen LogP contribution >= 0.6 is 0 Å². The summed E-state index contributed by atoms with van der Waals surface area (Å²) in [4.78, 5) is -0.341. The van der Waals surface area contributed by atoms with E-state index in [2.05, 4.69) is 4.72 Å². The second-order valence-corrected chi connectivity index (χ2v) is 7.02. The maximum absolute atomic E-state index is 13.8. The van der Waals surface area contributed by atoms with E-state index in [1.165, 1.54) is 18.2 Å². The molecule has 0 aliphatic carbocycles. The molecule has 0 aliphatic rings. The van der Waals surface area contributed by atoms with Crippen molar-refractivity contribution in [2.45, 2.75) is 17.9 Å². The highest BCUT2D eigenvalue weighted by Gasteiger charge is 2.22. The smallest absolute Gasteiger partial charge is 0.207 e. The first-order valence-electron chi connectivity index (χ1n) is 7.23. The highest BCUT2D eigenvalue weighted by atomic mass is 32.2. The monoisotopic (exact) mass is 329 g/mol. The van der Waals surface area contributed by atoms with Crippen LogP contribution < -0.4 is 4.72 Å². The average Bonchev–Trinajstić information content (AvgIpc) is 2.54. The Morgan fingerprint density at radius 1 is 0.913 bits per heavy atom. The molecule has 0 fully saturated rings. The summed E-state index contributed by atoms with van der Waals surface area (Å²) in [5, 5.41) is 2.00. The Labute approximate surface area is 134 Å². The Kier molecular flexibility index (Phi) is 4.15. The van der Waals surface area contributed by atoms with Crippen LogP contribution in [0.3, 0.4) is 0 Å². The van der Waals surface area contributed by atoms with Crippen molar-refractivity contribution < 1.29 is 12.8 Å². The Bertz CT molecular complexity index is 949. The van der Waals surface area contributed by atoms with Gasteiger partial charge in [-0.2, -0.15) is 0 Å². The molecule has 23 heavy (non-hydrogen) atoms. The third-order valence-electron chi connectivity index (χ3n) is 3.75. The molecule has 0 aromatic heterocycles. The van der Waals surface area contributed by atoms with Crippen LogP contribution in [0.2, 0.25) is 0 Å². The van der Waals surface area contributed by atoms with Crippen LogP contribution in [0.4, 0.5) is 4.39 Å². The molecule has 0 saturated carbocycles. The lowest BCUT2D eigenvalue weighted by molar-refractivity contribution is 0.547. The highest BCUT2D eigenvalue weighted by Crippen LogP contribution is 2.25. The Balaban J connectivity index is 1.98. The van der Waals surface area contributed by atoms with Gasteiger partial charge in [-0.25, -0.2) is 17.5 Å². The van der Waals surface area contributed by atoms with Gasteiger partial charge in [0.2, 0.25) is 10.0 Å². The first-order chi connectivity index (χ1) is 11.0. The van der Waals surface area contributed by atoms with E-state index in [0.29, 0.717) is 0 Å². The van der Waals surface area contributed by atoms with Crippen molar-refractivity contribution >= 4 is 20.8 Å². The zero-order chi connectivity index (χ0) is 16.4. The molecule has 3 aromatic carbocycles. The number of benzene rings is 3. The van der Waals surface area contributed by atoms with Crippen LogP contribution in [0, 0.1) is 5.82 Å². The molecule has 0 bridgehead atoms. The van der Waals surface area contributed by atoms with Crippen molar-refractivity contribution in [3.8, 4) is 0 Å². The lowest BCUT2D eigenvalue weighted by atomic mass is 10.0. The van der Waals surface area contributed by atoms with E-state index in [1.54, 1.807) is 6.92 Å². The van der Waals surface area contributed by atoms with Gasteiger partial charge in [0, 0.05) is 6.04 Å². The van der Waals surface area contributed by atoms with E-state index >= 15 is 0 Å². The van der Waals surface area contributed by atoms with Crippen LogP contribution in [0.15, 0.2) is 71.6 Å². The summed E-state index contributed by atoms with van der Waals surface area (Å²) in [7, 11) is -3.93. The lowest BCUT2D eigenvalue weighted by Gasteiger charge is -2.17. The quantitative estimate of drug-likeness (QED) is 0.786.